The smallest absolute Gasteiger partial charge is 0.166 e. The standard InChI is InChI=1S/C51H32N4O/c1-4-14-33(15-5-1)34-26-28-35(29-27-34)39-21-13-25-45-47(39)42-31-30-38(32-46(42)56-45)55-44-24-11-10-20-40(44)41-22-12-23-43(48(41)55)51-53-49(36-16-6-2-7-17-36)52-50(54-51)37-18-8-3-9-19-37/h1-32H. The summed E-state index contributed by atoms with van der Waals surface area (Å²) in [6.07, 6.45) is 0. The van der Waals surface area contributed by atoms with Gasteiger partial charge >= 0.3 is 0 Å². The average Bonchev–Trinajstić information content (AvgIpc) is 3.83. The molecular formula is C51H32N4O. The number of furan rings is 1. The van der Waals surface area contributed by atoms with Gasteiger partial charge in [-0.3, -0.25) is 0 Å². The molecule has 3 aromatic heterocycles. The van der Waals surface area contributed by atoms with E-state index in [1.54, 1.807) is 0 Å². The molecule has 0 atom stereocenters. The van der Waals surface area contributed by atoms with Crippen LogP contribution in [0.5, 0.6) is 0 Å². The molecular weight excluding hydrogens is 685 g/mol. The quantitative estimate of drug-likeness (QED) is 0.172. The summed E-state index contributed by atoms with van der Waals surface area (Å²) >= 11 is 0. The van der Waals surface area contributed by atoms with Crippen molar-refractivity contribution in [1.82, 2.24) is 19.5 Å². The van der Waals surface area contributed by atoms with E-state index in [1.807, 2.05) is 66.7 Å². The number of aromatic nitrogens is 4. The molecule has 11 aromatic rings. The normalized spacial score (nSPS) is 11.6. The van der Waals surface area contributed by atoms with E-state index in [1.165, 1.54) is 11.1 Å². The molecule has 262 valence electrons. The fourth-order valence-electron chi connectivity index (χ4n) is 8.06. The molecule has 56 heavy (non-hydrogen) atoms. The molecule has 0 radical (unpaired) electrons. The second kappa shape index (κ2) is 13.0. The lowest BCUT2D eigenvalue weighted by molar-refractivity contribution is 0.668. The van der Waals surface area contributed by atoms with Crippen molar-refractivity contribution in [2.75, 3.05) is 0 Å². The fraction of sp³-hybridized carbons (Fsp3) is 0. The first kappa shape index (κ1) is 31.9. The van der Waals surface area contributed by atoms with E-state index in [-0.39, 0.29) is 0 Å². The highest BCUT2D eigenvalue weighted by Crippen LogP contribution is 2.41. The first-order valence-electron chi connectivity index (χ1n) is 18.8. The largest absolute Gasteiger partial charge is 0.456 e. The van der Waals surface area contributed by atoms with Crippen molar-refractivity contribution in [2.24, 2.45) is 0 Å². The average molecular weight is 717 g/mol. The van der Waals surface area contributed by atoms with Gasteiger partial charge in [-0.15, -0.1) is 0 Å². The Balaban J connectivity index is 1.10. The SMILES string of the molecule is c1ccc(-c2ccc(-c3cccc4oc5cc(-n6c7ccccc7c7cccc(-c8nc(-c9ccccc9)nc(-c9ccccc9)n8)c76)ccc5c34)cc2)cc1. The Bertz CT molecular complexity index is 3160. The van der Waals surface area contributed by atoms with Gasteiger partial charge in [0.2, 0.25) is 0 Å². The van der Waals surface area contributed by atoms with Crippen LogP contribution in [0.1, 0.15) is 0 Å². The summed E-state index contributed by atoms with van der Waals surface area (Å²) in [6, 6.07) is 67.4. The Morgan fingerprint density at radius 2 is 0.911 bits per heavy atom. The second-order valence-electron chi connectivity index (χ2n) is 14.0. The summed E-state index contributed by atoms with van der Waals surface area (Å²) in [6.45, 7) is 0. The first-order valence-corrected chi connectivity index (χ1v) is 18.8. The van der Waals surface area contributed by atoms with Crippen LogP contribution in [0.4, 0.5) is 0 Å². The Kier molecular flexibility index (Phi) is 7.42. The van der Waals surface area contributed by atoms with Crippen LogP contribution >= 0.6 is 0 Å². The molecule has 0 aliphatic heterocycles. The molecule has 0 unspecified atom stereocenters. The van der Waals surface area contributed by atoms with Crippen molar-refractivity contribution >= 4 is 43.7 Å². The molecule has 3 heterocycles. The van der Waals surface area contributed by atoms with Crippen molar-refractivity contribution in [3.8, 4) is 62.1 Å². The van der Waals surface area contributed by atoms with E-state index in [0.717, 1.165) is 77.2 Å². The summed E-state index contributed by atoms with van der Waals surface area (Å²) in [5.74, 6) is 1.87. The molecule has 11 rings (SSSR count). The third-order valence-corrected chi connectivity index (χ3v) is 10.7. The molecule has 0 fully saturated rings. The van der Waals surface area contributed by atoms with E-state index >= 15 is 0 Å². The fourth-order valence-corrected chi connectivity index (χ4v) is 8.06. The molecule has 5 nitrogen and oxygen atoms in total. The molecule has 0 spiro atoms. The number of nitrogens with zero attached hydrogens (tertiary/aromatic N) is 4. The Morgan fingerprint density at radius 3 is 1.62 bits per heavy atom. The number of benzene rings is 8. The highest BCUT2D eigenvalue weighted by atomic mass is 16.3. The minimum Gasteiger partial charge on any atom is -0.456 e. The Labute approximate surface area is 322 Å². The minimum atomic E-state index is 0.611. The summed E-state index contributed by atoms with van der Waals surface area (Å²) < 4.78 is 8.99. The van der Waals surface area contributed by atoms with Gasteiger partial charge in [-0.05, 0) is 52.6 Å². The number of rotatable bonds is 6. The third kappa shape index (κ3) is 5.29. The van der Waals surface area contributed by atoms with Crippen molar-refractivity contribution in [3.63, 3.8) is 0 Å². The zero-order valence-electron chi connectivity index (χ0n) is 30.2. The van der Waals surface area contributed by atoms with Gasteiger partial charge in [0.05, 0.1) is 11.0 Å². The van der Waals surface area contributed by atoms with Crippen molar-refractivity contribution in [1.29, 1.82) is 0 Å². The second-order valence-corrected chi connectivity index (χ2v) is 14.0. The van der Waals surface area contributed by atoms with Crippen LogP contribution in [-0.2, 0) is 0 Å². The van der Waals surface area contributed by atoms with Crippen LogP contribution in [-0.4, -0.2) is 19.5 Å². The molecule has 0 aliphatic rings. The zero-order chi connectivity index (χ0) is 37.0. The molecule has 8 aromatic carbocycles. The predicted octanol–water partition coefficient (Wildman–Crippen LogP) is 13.2. The molecule has 0 amide bonds. The summed E-state index contributed by atoms with van der Waals surface area (Å²) in [4.78, 5) is 15.2. The lowest BCUT2D eigenvalue weighted by atomic mass is 9.97. The van der Waals surface area contributed by atoms with E-state index < -0.39 is 0 Å². The number of hydrogen-bond donors (Lipinski definition) is 0. The highest BCUT2D eigenvalue weighted by molar-refractivity contribution is 6.15. The summed E-state index contributed by atoms with van der Waals surface area (Å²) in [7, 11) is 0. The van der Waals surface area contributed by atoms with Gasteiger partial charge in [-0.2, -0.15) is 0 Å². The molecule has 0 saturated heterocycles. The van der Waals surface area contributed by atoms with Crippen LogP contribution < -0.4 is 0 Å². The third-order valence-electron chi connectivity index (χ3n) is 10.7. The molecule has 0 aliphatic carbocycles. The van der Waals surface area contributed by atoms with E-state index in [9.17, 15) is 0 Å². The Hall–Kier alpha value is -7.63. The maximum absolute atomic E-state index is 6.67. The van der Waals surface area contributed by atoms with Crippen molar-refractivity contribution in [3.05, 3.63) is 194 Å². The highest BCUT2D eigenvalue weighted by Gasteiger charge is 2.21. The zero-order valence-corrected chi connectivity index (χ0v) is 30.2. The molecule has 0 saturated carbocycles. The lowest BCUT2D eigenvalue weighted by Gasteiger charge is -2.13. The van der Waals surface area contributed by atoms with Gasteiger partial charge in [0.15, 0.2) is 17.5 Å². The maximum Gasteiger partial charge on any atom is 0.166 e. The monoisotopic (exact) mass is 716 g/mol. The lowest BCUT2D eigenvalue weighted by Crippen LogP contribution is -2.02. The molecule has 0 N–H and O–H groups in total. The summed E-state index contributed by atoms with van der Waals surface area (Å²) in [5.41, 5.74) is 12.3. The summed E-state index contributed by atoms with van der Waals surface area (Å²) in [5, 5.41) is 4.45. The van der Waals surface area contributed by atoms with Crippen LogP contribution in [0.3, 0.4) is 0 Å². The van der Waals surface area contributed by atoms with Crippen LogP contribution in [0.25, 0.3) is 106 Å². The van der Waals surface area contributed by atoms with Gasteiger partial charge in [0.25, 0.3) is 0 Å². The first-order chi connectivity index (χ1) is 27.8. The van der Waals surface area contributed by atoms with Crippen LogP contribution in [0, 0.1) is 0 Å². The van der Waals surface area contributed by atoms with Gasteiger partial charge in [-0.25, -0.2) is 15.0 Å². The predicted molar refractivity (Wildman–Crippen MR) is 229 cm³/mol. The van der Waals surface area contributed by atoms with Gasteiger partial charge in [0, 0.05) is 50.0 Å². The van der Waals surface area contributed by atoms with Gasteiger partial charge < -0.3 is 8.98 Å². The number of para-hydroxylation sites is 2. The van der Waals surface area contributed by atoms with Gasteiger partial charge in [-0.1, -0.05) is 158 Å². The minimum absolute atomic E-state index is 0.611. The van der Waals surface area contributed by atoms with Crippen LogP contribution in [0.2, 0.25) is 0 Å². The van der Waals surface area contributed by atoms with Gasteiger partial charge in [0.1, 0.15) is 11.2 Å². The van der Waals surface area contributed by atoms with E-state index in [4.69, 9.17) is 19.4 Å². The van der Waals surface area contributed by atoms with Crippen molar-refractivity contribution < 1.29 is 4.42 Å². The van der Waals surface area contributed by atoms with E-state index in [0.29, 0.717) is 17.5 Å². The molecule has 5 heteroatoms. The van der Waals surface area contributed by atoms with Crippen LogP contribution in [0.15, 0.2) is 199 Å². The van der Waals surface area contributed by atoms with E-state index in [2.05, 4.69) is 132 Å². The molecule has 0 bridgehead atoms. The number of hydrogen-bond acceptors (Lipinski definition) is 4. The van der Waals surface area contributed by atoms with Crippen molar-refractivity contribution in [2.45, 2.75) is 0 Å². The topological polar surface area (TPSA) is 56.7 Å². The number of fused-ring (bicyclic) bond motifs is 6. The maximum atomic E-state index is 6.67. The Morgan fingerprint density at radius 1 is 0.357 bits per heavy atom.